The SMILES string of the molecule is O=S(=O)(O)c1cc(O)c2c(O)c(N=Nc3ccc(-c4ccc(N=Nc5ccc6cc(SOOO)cc(O)c6c5O)cc4)cc3)c(SOOO)cc2c1. The Bertz CT molecular complexity index is 2460. The maximum Gasteiger partial charge on any atom is 0.294 e. The first kappa shape index (κ1) is 36.4. The van der Waals surface area contributed by atoms with E-state index in [2.05, 4.69) is 39.2 Å². The van der Waals surface area contributed by atoms with Gasteiger partial charge in [-0.3, -0.25) is 4.55 Å². The van der Waals surface area contributed by atoms with E-state index in [4.69, 9.17) is 10.5 Å². The summed E-state index contributed by atoms with van der Waals surface area (Å²) in [6, 6.07) is 22.9. The molecule has 6 rings (SSSR count). The standard InChI is InChI=1S/C32H22N4O13S3/c37-25-14-22(50-48-46-41)11-18-5-10-24(31(39)28(18)25)35-33-20-6-1-16(2-7-20)17-3-8-21(9-4-17)34-36-30-27(51-49-47-42)13-19-12-23(52(43,44)45)15-26(38)29(19)32(30)40/h1-15,37-42H,(H,43,44,45). The normalized spacial score (nSPS) is 12.1. The van der Waals surface area contributed by atoms with Gasteiger partial charge in [-0.1, -0.05) is 40.4 Å². The molecule has 0 radical (unpaired) electrons. The van der Waals surface area contributed by atoms with Gasteiger partial charge >= 0.3 is 0 Å². The summed E-state index contributed by atoms with van der Waals surface area (Å²) in [5.41, 5.74) is 2.37. The zero-order valence-corrected chi connectivity index (χ0v) is 28.2. The van der Waals surface area contributed by atoms with Crippen molar-refractivity contribution in [1.82, 2.24) is 0 Å². The fourth-order valence-corrected chi connectivity index (χ4v) is 6.51. The number of hydrogen-bond donors (Lipinski definition) is 7. The number of nitrogens with zero attached hydrogens (tertiary/aromatic N) is 4. The van der Waals surface area contributed by atoms with E-state index in [1.807, 2.05) is 0 Å². The van der Waals surface area contributed by atoms with Crippen LogP contribution in [0.15, 0.2) is 126 Å². The Morgan fingerprint density at radius 1 is 0.577 bits per heavy atom. The van der Waals surface area contributed by atoms with Crippen LogP contribution < -0.4 is 0 Å². The Hall–Kier alpha value is -5.39. The molecule has 0 aliphatic carbocycles. The Morgan fingerprint density at radius 3 is 1.77 bits per heavy atom. The van der Waals surface area contributed by atoms with Crippen molar-refractivity contribution in [2.24, 2.45) is 20.5 Å². The van der Waals surface area contributed by atoms with Crippen molar-refractivity contribution >= 4 is 78.5 Å². The van der Waals surface area contributed by atoms with E-state index in [-0.39, 0.29) is 43.9 Å². The summed E-state index contributed by atoms with van der Waals surface area (Å²) in [5.74, 6) is -1.78. The van der Waals surface area contributed by atoms with Crippen LogP contribution in [0, 0.1) is 0 Å². The lowest BCUT2D eigenvalue weighted by molar-refractivity contribution is -0.432. The zero-order chi connectivity index (χ0) is 37.0. The lowest BCUT2D eigenvalue weighted by atomic mass is 10.1. The Labute approximate surface area is 300 Å². The minimum atomic E-state index is -4.69. The molecule has 0 fully saturated rings. The highest BCUT2D eigenvalue weighted by Gasteiger charge is 2.21. The van der Waals surface area contributed by atoms with Crippen molar-refractivity contribution in [3.8, 4) is 34.1 Å². The van der Waals surface area contributed by atoms with Crippen LogP contribution in [0.2, 0.25) is 0 Å². The molecule has 0 unspecified atom stereocenters. The first-order valence-corrected chi connectivity index (χ1v) is 17.2. The van der Waals surface area contributed by atoms with Crippen LogP contribution in [-0.2, 0) is 28.9 Å². The molecule has 20 heteroatoms. The summed E-state index contributed by atoms with van der Waals surface area (Å²) in [7, 11) is -4.69. The van der Waals surface area contributed by atoms with E-state index in [1.54, 1.807) is 60.7 Å². The van der Waals surface area contributed by atoms with Gasteiger partial charge in [0.05, 0.1) is 56.0 Å². The number of phenolic OH excluding ortho intramolecular Hbond substituents is 4. The molecule has 52 heavy (non-hydrogen) atoms. The first-order valence-electron chi connectivity index (χ1n) is 14.3. The third-order valence-corrected chi connectivity index (χ3v) is 9.35. The molecule has 0 amide bonds. The van der Waals surface area contributed by atoms with Gasteiger partial charge < -0.3 is 20.4 Å². The molecule has 266 valence electrons. The topological polar surface area (TPSA) is 262 Å². The van der Waals surface area contributed by atoms with Crippen molar-refractivity contribution in [3.05, 3.63) is 91.0 Å². The molecule has 0 saturated heterocycles. The molecule has 0 bridgehead atoms. The highest BCUT2D eigenvalue weighted by atomic mass is 32.2. The predicted molar refractivity (Wildman–Crippen MR) is 186 cm³/mol. The van der Waals surface area contributed by atoms with Crippen LogP contribution in [0.1, 0.15) is 0 Å². The van der Waals surface area contributed by atoms with Crippen LogP contribution in [-0.4, -0.2) is 43.9 Å². The van der Waals surface area contributed by atoms with E-state index < -0.39 is 26.5 Å². The zero-order valence-electron chi connectivity index (χ0n) is 25.8. The Balaban J connectivity index is 1.20. The molecule has 0 spiro atoms. The maximum atomic E-state index is 11.6. The van der Waals surface area contributed by atoms with Crippen molar-refractivity contribution < 1.29 is 62.7 Å². The van der Waals surface area contributed by atoms with Crippen molar-refractivity contribution in [3.63, 3.8) is 0 Å². The molecule has 0 aliphatic heterocycles. The van der Waals surface area contributed by atoms with E-state index in [9.17, 15) is 33.4 Å². The molecule has 0 saturated carbocycles. The van der Waals surface area contributed by atoms with Gasteiger partial charge in [0.15, 0.2) is 11.5 Å². The predicted octanol–water partition coefficient (Wildman–Crippen LogP) is 9.42. The van der Waals surface area contributed by atoms with Gasteiger partial charge in [-0.2, -0.15) is 18.6 Å². The van der Waals surface area contributed by atoms with Crippen molar-refractivity contribution in [1.29, 1.82) is 0 Å². The summed E-state index contributed by atoms with van der Waals surface area (Å²) in [6.45, 7) is 0. The number of hydrogen-bond acceptors (Lipinski definition) is 18. The smallest absolute Gasteiger partial charge is 0.294 e. The summed E-state index contributed by atoms with van der Waals surface area (Å²) in [6.07, 6.45) is 0. The number of aromatic hydroxyl groups is 4. The third kappa shape index (κ3) is 7.90. The molecule has 6 aromatic carbocycles. The third-order valence-electron chi connectivity index (χ3n) is 7.34. The highest BCUT2D eigenvalue weighted by Crippen LogP contribution is 2.47. The molecule has 17 nitrogen and oxygen atoms in total. The average Bonchev–Trinajstić information content (AvgIpc) is 3.12. The minimum Gasteiger partial charge on any atom is -0.507 e. The maximum absolute atomic E-state index is 11.6. The average molecular weight is 767 g/mol. The van der Waals surface area contributed by atoms with Gasteiger partial charge in [0.2, 0.25) is 0 Å². The fraction of sp³-hybridized carbons (Fsp3) is 0. The van der Waals surface area contributed by atoms with Crippen LogP contribution in [0.4, 0.5) is 22.7 Å². The largest absolute Gasteiger partial charge is 0.507 e. The molecular weight excluding hydrogens is 745 g/mol. The second-order valence-electron chi connectivity index (χ2n) is 10.5. The van der Waals surface area contributed by atoms with Crippen LogP contribution >= 0.6 is 24.1 Å². The summed E-state index contributed by atoms with van der Waals surface area (Å²) in [4.78, 5) is -0.206. The van der Waals surface area contributed by atoms with Crippen molar-refractivity contribution in [2.45, 2.75) is 14.7 Å². The Morgan fingerprint density at radius 2 is 1.15 bits per heavy atom. The summed E-state index contributed by atoms with van der Waals surface area (Å²) >= 11 is 1.07. The number of phenols is 4. The molecule has 0 aliphatic rings. The molecule has 0 aromatic heterocycles. The van der Waals surface area contributed by atoms with Gasteiger partial charge in [0, 0.05) is 11.0 Å². The van der Waals surface area contributed by atoms with E-state index >= 15 is 0 Å². The van der Waals surface area contributed by atoms with Gasteiger partial charge in [-0.05, 0) is 76.5 Å². The monoisotopic (exact) mass is 766 g/mol. The molecule has 7 N–H and O–H groups in total. The van der Waals surface area contributed by atoms with Crippen LogP contribution in [0.5, 0.6) is 23.0 Å². The van der Waals surface area contributed by atoms with E-state index in [0.717, 1.165) is 23.3 Å². The van der Waals surface area contributed by atoms with Crippen molar-refractivity contribution in [2.75, 3.05) is 0 Å². The number of azo groups is 2. The van der Waals surface area contributed by atoms with Gasteiger partial charge in [0.25, 0.3) is 10.1 Å². The van der Waals surface area contributed by atoms with E-state index in [0.29, 0.717) is 45.7 Å². The number of fused-ring (bicyclic) bond motifs is 2. The first-order chi connectivity index (χ1) is 25.0. The van der Waals surface area contributed by atoms with Gasteiger partial charge in [0.1, 0.15) is 22.9 Å². The number of rotatable bonds is 12. The highest BCUT2D eigenvalue weighted by molar-refractivity contribution is 7.95. The number of benzene rings is 6. The van der Waals surface area contributed by atoms with Crippen LogP contribution in [0.3, 0.4) is 0 Å². The quantitative estimate of drug-likeness (QED) is 0.0201. The second-order valence-corrected chi connectivity index (χ2v) is 13.4. The fourth-order valence-electron chi connectivity index (χ4n) is 5.03. The molecule has 0 heterocycles. The van der Waals surface area contributed by atoms with Gasteiger partial charge in [-0.25, -0.2) is 10.5 Å². The van der Waals surface area contributed by atoms with Crippen LogP contribution in [0.25, 0.3) is 32.7 Å². The molecular formula is C32H22N4O13S3. The molecule has 6 aromatic rings. The minimum absolute atomic E-state index is 0.00560. The summed E-state index contributed by atoms with van der Waals surface area (Å²) < 4.78 is 41.5. The summed E-state index contributed by atoms with van der Waals surface area (Å²) in [5, 5.41) is 83.7. The lowest BCUT2D eigenvalue weighted by Crippen LogP contribution is -1.98. The van der Waals surface area contributed by atoms with Gasteiger partial charge in [-0.15, -0.1) is 18.9 Å². The lowest BCUT2D eigenvalue weighted by Gasteiger charge is -2.11. The molecule has 0 atom stereocenters. The second kappa shape index (κ2) is 15.5. The Kier molecular flexibility index (Phi) is 10.8. The van der Waals surface area contributed by atoms with E-state index in [1.165, 1.54) is 18.2 Å².